The number of hydrogen-bond donors (Lipinski definition) is 2. The van der Waals surface area contributed by atoms with Crippen LogP contribution in [0.1, 0.15) is 47.7 Å². The maximum absolute atomic E-state index is 12.9. The number of amides is 1. The molecular formula is C24H25F3N4O2S. The van der Waals surface area contributed by atoms with Crippen molar-refractivity contribution in [3.63, 3.8) is 0 Å². The molecule has 3 rings (SSSR count). The van der Waals surface area contributed by atoms with Crippen molar-refractivity contribution in [2.45, 2.75) is 39.3 Å². The van der Waals surface area contributed by atoms with Gasteiger partial charge in [0, 0.05) is 11.1 Å². The van der Waals surface area contributed by atoms with Crippen LogP contribution in [0.5, 0.6) is 5.75 Å². The zero-order valence-corrected chi connectivity index (χ0v) is 20.0. The van der Waals surface area contributed by atoms with E-state index < -0.39 is 11.7 Å². The number of thiazole rings is 1. The maximum atomic E-state index is 12.9. The van der Waals surface area contributed by atoms with Gasteiger partial charge in [0.2, 0.25) is 5.91 Å². The summed E-state index contributed by atoms with van der Waals surface area (Å²) >= 11 is 1.20. The molecule has 0 aliphatic carbocycles. The molecule has 0 saturated heterocycles. The molecular weight excluding hydrogens is 465 g/mol. The van der Waals surface area contributed by atoms with Gasteiger partial charge in [-0.1, -0.05) is 19.9 Å². The molecule has 2 N–H and O–H groups in total. The van der Waals surface area contributed by atoms with Crippen LogP contribution in [0.15, 0.2) is 46.9 Å². The second kappa shape index (κ2) is 10.7. The van der Waals surface area contributed by atoms with Gasteiger partial charge in [-0.25, -0.2) is 10.4 Å². The number of alkyl halides is 3. The lowest BCUT2D eigenvalue weighted by Gasteiger charge is -2.14. The molecule has 0 aliphatic heterocycles. The molecule has 1 amide bonds. The van der Waals surface area contributed by atoms with Crippen LogP contribution >= 0.6 is 11.3 Å². The van der Waals surface area contributed by atoms with Crippen molar-refractivity contribution in [3.8, 4) is 5.75 Å². The first-order valence-corrected chi connectivity index (χ1v) is 11.3. The minimum absolute atomic E-state index is 0.0169. The highest BCUT2D eigenvalue weighted by atomic mass is 32.1. The summed E-state index contributed by atoms with van der Waals surface area (Å²) in [6, 6.07) is 8.77. The Morgan fingerprint density at radius 1 is 1.26 bits per heavy atom. The van der Waals surface area contributed by atoms with Gasteiger partial charge in [0.15, 0.2) is 5.13 Å². The minimum atomic E-state index is -4.43. The fourth-order valence-electron chi connectivity index (χ4n) is 3.20. The van der Waals surface area contributed by atoms with Crippen LogP contribution in [0.25, 0.3) is 0 Å². The number of hydrogen-bond acceptors (Lipinski definition) is 6. The van der Waals surface area contributed by atoms with Gasteiger partial charge in [-0.05, 0) is 59.9 Å². The second-order valence-corrected chi connectivity index (χ2v) is 8.78. The summed E-state index contributed by atoms with van der Waals surface area (Å²) < 4.78 is 44.1. The number of aromatic nitrogens is 1. The first kappa shape index (κ1) is 25.2. The van der Waals surface area contributed by atoms with Gasteiger partial charge in [0.25, 0.3) is 0 Å². The molecule has 34 heavy (non-hydrogen) atoms. The molecule has 2 aromatic carbocycles. The van der Waals surface area contributed by atoms with E-state index in [9.17, 15) is 18.0 Å². The first-order chi connectivity index (χ1) is 16.1. The van der Waals surface area contributed by atoms with Crippen molar-refractivity contribution in [2.75, 3.05) is 12.4 Å². The third kappa shape index (κ3) is 6.57. The maximum Gasteiger partial charge on any atom is 0.416 e. The van der Waals surface area contributed by atoms with Crippen LogP contribution in [0.3, 0.4) is 0 Å². The van der Waals surface area contributed by atoms with Crippen LogP contribution < -0.4 is 15.5 Å². The molecule has 1 heterocycles. The number of aryl methyl sites for hydroxylation is 1. The molecule has 0 unspecified atom stereocenters. The fourth-order valence-corrected chi connectivity index (χ4v) is 3.93. The lowest BCUT2D eigenvalue weighted by molar-refractivity contribution is -0.137. The number of benzene rings is 2. The molecule has 3 aromatic rings. The molecule has 180 valence electrons. The van der Waals surface area contributed by atoms with Crippen molar-refractivity contribution < 1.29 is 22.7 Å². The number of methoxy groups -OCH3 is 1. The quantitative estimate of drug-likeness (QED) is 0.298. The summed E-state index contributed by atoms with van der Waals surface area (Å²) in [6.07, 6.45) is -2.86. The van der Waals surface area contributed by atoms with Crippen molar-refractivity contribution >= 4 is 34.3 Å². The van der Waals surface area contributed by atoms with E-state index in [1.54, 1.807) is 18.7 Å². The molecule has 0 spiro atoms. The Morgan fingerprint density at radius 2 is 2.03 bits per heavy atom. The molecule has 0 fully saturated rings. The summed E-state index contributed by atoms with van der Waals surface area (Å²) in [5.41, 5.74) is 5.35. The molecule has 0 aliphatic rings. The predicted octanol–water partition coefficient (Wildman–Crippen LogP) is 6.04. The topological polar surface area (TPSA) is 75.6 Å². The van der Waals surface area contributed by atoms with E-state index in [-0.39, 0.29) is 23.9 Å². The average molecular weight is 491 g/mol. The van der Waals surface area contributed by atoms with E-state index in [1.165, 1.54) is 23.5 Å². The monoisotopic (exact) mass is 490 g/mol. The van der Waals surface area contributed by atoms with Gasteiger partial charge >= 0.3 is 6.18 Å². The number of halogens is 3. The highest BCUT2D eigenvalue weighted by Gasteiger charge is 2.30. The standard InChI is InChI=1S/C24H25F3N4O2S/c1-14(2)20-9-16(15(3)8-21(20)33-4)12-28-31-22(32)11-19-13-34-23(30-19)29-18-7-5-6-17(10-18)24(25,26)27/h5-10,12-14H,11H2,1-4H3,(H,29,30)(H,31,32)/b28-12-. The van der Waals surface area contributed by atoms with E-state index in [0.717, 1.165) is 34.6 Å². The van der Waals surface area contributed by atoms with Crippen molar-refractivity contribution in [1.29, 1.82) is 0 Å². The number of rotatable bonds is 8. The summed E-state index contributed by atoms with van der Waals surface area (Å²) in [6.45, 7) is 6.07. The van der Waals surface area contributed by atoms with E-state index in [0.29, 0.717) is 10.8 Å². The molecule has 0 atom stereocenters. The van der Waals surface area contributed by atoms with Gasteiger partial charge < -0.3 is 10.1 Å². The number of carbonyl (C=O) groups excluding carboxylic acids is 1. The molecule has 10 heteroatoms. The van der Waals surface area contributed by atoms with Gasteiger partial charge in [0.05, 0.1) is 31.0 Å². The number of carbonyl (C=O) groups is 1. The summed E-state index contributed by atoms with van der Waals surface area (Å²) in [5, 5.41) is 8.95. The van der Waals surface area contributed by atoms with Crippen LogP contribution in [-0.4, -0.2) is 24.2 Å². The number of ether oxygens (including phenoxy) is 1. The molecule has 6 nitrogen and oxygen atoms in total. The first-order valence-electron chi connectivity index (χ1n) is 10.5. The lowest BCUT2D eigenvalue weighted by Crippen LogP contribution is -2.20. The second-order valence-electron chi connectivity index (χ2n) is 7.92. The largest absolute Gasteiger partial charge is 0.496 e. The normalized spacial score (nSPS) is 11.8. The Kier molecular flexibility index (Phi) is 7.93. The molecule has 0 bridgehead atoms. The fraction of sp³-hybridized carbons (Fsp3) is 0.292. The van der Waals surface area contributed by atoms with Gasteiger partial charge in [-0.15, -0.1) is 11.3 Å². The molecule has 0 radical (unpaired) electrons. The van der Waals surface area contributed by atoms with Gasteiger partial charge in [-0.3, -0.25) is 4.79 Å². The zero-order valence-electron chi connectivity index (χ0n) is 19.2. The third-order valence-electron chi connectivity index (χ3n) is 4.97. The number of hydrazone groups is 1. The predicted molar refractivity (Wildman–Crippen MR) is 128 cm³/mol. The van der Waals surface area contributed by atoms with E-state index >= 15 is 0 Å². The summed E-state index contributed by atoms with van der Waals surface area (Å²) in [5.74, 6) is 0.717. The number of anilines is 2. The Bertz CT molecular complexity index is 1190. The third-order valence-corrected chi connectivity index (χ3v) is 5.77. The van der Waals surface area contributed by atoms with Crippen molar-refractivity contribution in [1.82, 2.24) is 10.4 Å². The van der Waals surface area contributed by atoms with E-state index in [2.05, 4.69) is 34.7 Å². The number of nitrogens with one attached hydrogen (secondary N) is 2. The van der Waals surface area contributed by atoms with Crippen LogP contribution in [0.4, 0.5) is 24.0 Å². The van der Waals surface area contributed by atoms with E-state index in [4.69, 9.17) is 4.74 Å². The summed E-state index contributed by atoms with van der Waals surface area (Å²) in [7, 11) is 1.63. The zero-order chi connectivity index (χ0) is 24.9. The molecule has 0 saturated carbocycles. The molecule has 1 aromatic heterocycles. The van der Waals surface area contributed by atoms with E-state index in [1.807, 2.05) is 19.1 Å². The van der Waals surface area contributed by atoms with Crippen molar-refractivity contribution in [2.24, 2.45) is 5.10 Å². The Hall–Kier alpha value is -3.40. The van der Waals surface area contributed by atoms with Crippen LogP contribution in [0.2, 0.25) is 0 Å². The lowest BCUT2D eigenvalue weighted by atomic mass is 9.97. The average Bonchev–Trinajstić information content (AvgIpc) is 3.20. The SMILES string of the molecule is COc1cc(C)c(/C=N\NC(=O)Cc2csc(Nc3cccc(C(F)(F)F)c3)n2)cc1C(C)C. The van der Waals surface area contributed by atoms with Gasteiger partial charge in [0.1, 0.15) is 5.75 Å². The van der Waals surface area contributed by atoms with Crippen LogP contribution in [-0.2, 0) is 17.4 Å². The Balaban J connectivity index is 1.60. The van der Waals surface area contributed by atoms with Crippen LogP contribution in [0, 0.1) is 6.92 Å². The minimum Gasteiger partial charge on any atom is -0.496 e. The highest BCUT2D eigenvalue weighted by molar-refractivity contribution is 7.13. The Morgan fingerprint density at radius 3 is 2.71 bits per heavy atom. The Labute approximate surface area is 199 Å². The highest BCUT2D eigenvalue weighted by Crippen LogP contribution is 2.32. The van der Waals surface area contributed by atoms with Gasteiger partial charge in [-0.2, -0.15) is 18.3 Å². The smallest absolute Gasteiger partial charge is 0.416 e. The van der Waals surface area contributed by atoms with Crippen molar-refractivity contribution in [3.05, 3.63) is 69.7 Å². The summed E-state index contributed by atoms with van der Waals surface area (Å²) in [4.78, 5) is 16.5. The number of nitrogens with zero attached hydrogens (tertiary/aromatic N) is 2.